The number of carbonyl (C=O) groups excluding carboxylic acids is 1. The molecule has 3 aromatic carbocycles. The lowest BCUT2D eigenvalue weighted by Gasteiger charge is -2.32. The van der Waals surface area contributed by atoms with Crippen molar-refractivity contribution in [1.29, 1.82) is 0 Å². The van der Waals surface area contributed by atoms with Gasteiger partial charge in [0.1, 0.15) is 11.9 Å². The Morgan fingerprint density at radius 1 is 0.941 bits per heavy atom. The second kappa shape index (κ2) is 10.0. The zero-order valence-electron chi connectivity index (χ0n) is 19.7. The molecular weight excluding hydrogens is 424 g/mol. The van der Waals surface area contributed by atoms with E-state index in [-0.39, 0.29) is 24.6 Å². The standard InChI is InChI=1S/C30H32O4/c1-33-28-11-5-9-23-17-26-24(18-27(23)28)19-29(25(26)10-6-16-31)34-30(32)22-14-12-21(13-15-22)20-7-3-2-4-8-20/h2-5,7-9,11-15,24-26,29,31H,6,10,16-19H2,1H3/t24-,25+,26-,29+/m0/s1. The molecule has 5 rings (SSSR count). The maximum absolute atomic E-state index is 13.1. The zero-order chi connectivity index (χ0) is 23.5. The van der Waals surface area contributed by atoms with E-state index in [0.29, 0.717) is 17.4 Å². The number of carbonyl (C=O) groups is 1. The van der Waals surface area contributed by atoms with Crippen LogP contribution in [0.15, 0.2) is 72.8 Å². The van der Waals surface area contributed by atoms with Gasteiger partial charge in [-0.15, -0.1) is 0 Å². The highest BCUT2D eigenvalue weighted by molar-refractivity contribution is 5.90. The van der Waals surface area contributed by atoms with Crippen LogP contribution in [0.5, 0.6) is 5.75 Å². The highest BCUT2D eigenvalue weighted by Crippen LogP contribution is 2.49. The fourth-order valence-corrected chi connectivity index (χ4v) is 6.06. The van der Waals surface area contributed by atoms with Crippen molar-refractivity contribution in [3.63, 3.8) is 0 Å². The molecule has 0 amide bonds. The molecule has 4 nitrogen and oxygen atoms in total. The highest BCUT2D eigenvalue weighted by Gasteiger charge is 2.47. The highest BCUT2D eigenvalue weighted by atomic mass is 16.5. The van der Waals surface area contributed by atoms with E-state index >= 15 is 0 Å². The van der Waals surface area contributed by atoms with E-state index in [9.17, 15) is 9.90 Å². The molecule has 0 aromatic heterocycles. The molecule has 1 fully saturated rings. The minimum absolute atomic E-state index is 0.122. The average molecular weight is 457 g/mol. The number of hydrogen-bond donors (Lipinski definition) is 1. The molecule has 4 atom stereocenters. The van der Waals surface area contributed by atoms with Crippen molar-refractivity contribution in [3.8, 4) is 16.9 Å². The van der Waals surface area contributed by atoms with Crippen LogP contribution in [0.4, 0.5) is 0 Å². The SMILES string of the molecule is COc1cccc2c1C[C@H]1C[C@@H](OC(=O)c3ccc(-c4ccccc4)cc3)[C@H](CCCO)[C@H]1C2. The summed E-state index contributed by atoms with van der Waals surface area (Å²) in [5.41, 5.74) is 5.44. The molecule has 0 spiro atoms. The van der Waals surface area contributed by atoms with Gasteiger partial charge in [-0.25, -0.2) is 4.79 Å². The molecule has 34 heavy (non-hydrogen) atoms. The van der Waals surface area contributed by atoms with E-state index in [4.69, 9.17) is 9.47 Å². The fraction of sp³-hybridized carbons (Fsp3) is 0.367. The van der Waals surface area contributed by atoms with Gasteiger partial charge in [0, 0.05) is 6.61 Å². The summed E-state index contributed by atoms with van der Waals surface area (Å²) in [6, 6.07) is 24.1. The lowest BCUT2D eigenvalue weighted by atomic mass is 9.73. The number of rotatable bonds is 7. The van der Waals surface area contributed by atoms with Crippen molar-refractivity contribution in [2.24, 2.45) is 17.8 Å². The van der Waals surface area contributed by atoms with E-state index in [1.165, 1.54) is 11.1 Å². The van der Waals surface area contributed by atoms with E-state index in [1.54, 1.807) is 7.11 Å². The van der Waals surface area contributed by atoms with Gasteiger partial charge in [0.05, 0.1) is 12.7 Å². The topological polar surface area (TPSA) is 55.8 Å². The molecule has 3 aromatic rings. The third kappa shape index (κ3) is 4.47. The Balaban J connectivity index is 1.32. The molecule has 0 radical (unpaired) electrons. The van der Waals surface area contributed by atoms with Gasteiger partial charge >= 0.3 is 5.97 Å². The summed E-state index contributed by atoms with van der Waals surface area (Å²) in [7, 11) is 1.73. The van der Waals surface area contributed by atoms with E-state index in [1.807, 2.05) is 48.5 Å². The summed E-state index contributed by atoms with van der Waals surface area (Å²) in [4.78, 5) is 13.1. The van der Waals surface area contributed by atoms with Crippen LogP contribution in [0.1, 0.15) is 40.7 Å². The van der Waals surface area contributed by atoms with Gasteiger partial charge in [-0.3, -0.25) is 0 Å². The van der Waals surface area contributed by atoms with Crippen LogP contribution < -0.4 is 4.74 Å². The minimum atomic E-state index is -0.257. The summed E-state index contributed by atoms with van der Waals surface area (Å²) in [6.45, 7) is 0.167. The van der Waals surface area contributed by atoms with Crippen LogP contribution in [0.2, 0.25) is 0 Å². The van der Waals surface area contributed by atoms with Gasteiger partial charge < -0.3 is 14.6 Å². The van der Waals surface area contributed by atoms with Gasteiger partial charge in [-0.05, 0) is 90.3 Å². The Bertz CT molecular complexity index is 1120. The van der Waals surface area contributed by atoms with Crippen LogP contribution in [0.25, 0.3) is 11.1 Å². The third-order valence-electron chi connectivity index (χ3n) is 7.72. The molecule has 4 heteroatoms. The molecule has 2 aliphatic rings. The van der Waals surface area contributed by atoms with Crippen LogP contribution >= 0.6 is 0 Å². The molecule has 0 heterocycles. The van der Waals surface area contributed by atoms with E-state index < -0.39 is 0 Å². The molecule has 1 N–H and O–H groups in total. The van der Waals surface area contributed by atoms with Crippen LogP contribution in [0.3, 0.4) is 0 Å². The van der Waals surface area contributed by atoms with Crippen molar-refractivity contribution in [1.82, 2.24) is 0 Å². The number of benzene rings is 3. The number of aliphatic hydroxyl groups excluding tert-OH is 1. The van der Waals surface area contributed by atoms with Crippen LogP contribution in [-0.2, 0) is 17.6 Å². The first-order chi connectivity index (χ1) is 16.7. The largest absolute Gasteiger partial charge is 0.496 e. The fourth-order valence-electron chi connectivity index (χ4n) is 6.06. The smallest absolute Gasteiger partial charge is 0.338 e. The first kappa shape index (κ1) is 22.7. The second-order valence-electron chi connectivity index (χ2n) is 9.58. The van der Waals surface area contributed by atoms with Crippen molar-refractivity contribution in [2.75, 3.05) is 13.7 Å². The lowest BCUT2D eigenvalue weighted by Crippen LogP contribution is -2.29. The van der Waals surface area contributed by atoms with Gasteiger partial charge in [0.2, 0.25) is 0 Å². The normalized spacial score (nSPS) is 23.1. The molecule has 0 bridgehead atoms. The Morgan fingerprint density at radius 2 is 1.71 bits per heavy atom. The number of esters is 1. The Kier molecular flexibility index (Phi) is 6.68. The average Bonchev–Trinajstić information content (AvgIpc) is 3.21. The molecular formula is C30H32O4. The zero-order valence-corrected chi connectivity index (χ0v) is 19.7. The Hall–Kier alpha value is -3.11. The van der Waals surface area contributed by atoms with Crippen molar-refractivity contribution >= 4 is 5.97 Å². The van der Waals surface area contributed by atoms with Crippen molar-refractivity contribution in [3.05, 3.63) is 89.5 Å². The van der Waals surface area contributed by atoms with Crippen molar-refractivity contribution < 1.29 is 19.4 Å². The summed E-state index contributed by atoms with van der Waals surface area (Å²) >= 11 is 0. The number of methoxy groups -OCH3 is 1. The molecule has 2 aliphatic carbocycles. The first-order valence-corrected chi connectivity index (χ1v) is 12.3. The number of ether oxygens (including phenoxy) is 2. The molecule has 0 unspecified atom stereocenters. The molecule has 0 aliphatic heterocycles. The molecule has 0 saturated heterocycles. The van der Waals surface area contributed by atoms with Gasteiger partial charge in [0.25, 0.3) is 0 Å². The maximum Gasteiger partial charge on any atom is 0.338 e. The summed E-state index contributed by atoms with van der Waals surface area (Å²) in [5, 5.41) is 9.49. The maximum atomic E-state index is 13.1. The number of fused-ring (bicyclic) bond motifs is 2. The predicted molar refractivity (Wildman–Crippen MR) is 133 cm³/mol. The van der Waals surface area contributed by atoms with E-state index in [2.05, 4.69) is 24.3 Å². The minimum Gasteiger partial charge on any atom is -0.496 e. The number of aliphatic hydroxyl groups is 1. The van der Waals surface area contributed by atoms with Crippen LogP contribution in [0, 0.1) is 17.8 Å². The summed E-state index contributed by atoms with van der Waals surface area (Å²) in [5.74, 6) is 1.90. The Labute approximate surface area is 201 Å². The Morgan fingerprint density at radius 3 is 2.44 bits per heavy atom. The van der Waals surface area contributed by atoms with Crippen LogP contribution in [-0.4, -0.2) is 30.9 Å². The predicted octanol–water partition coefficient (Wildman–Crippen LogP) is 5.71. The quantitative estimate of drug-likeness (QED) is 0.463. The summed E-state index contributed by atoms with van der Waals surface area (Å²) in [6.07, 6.45) is 4.29. The number of hydrogen-bond acceptors (Lipinski definition) is 4. The van der Waals surface area contributed by atoms with Gasteiger partial charge in [0.15, 0.2) is 0 Å². The van der Waals surface area contributed by atoms with Gasteiger partial charge in [-0.2, -0.15) is 0 Å². The molecule has 176 valence electrons. The summed E-state index contributed by atoms with van der Waals surface area (Å²) < 4.78 is 11.8. The van der Waals surface area contributed by atoms with Crippen molar-refractivity contribution in [2.45, 2.75) is 38.2 Å². The van der Waals surface area contributed by atoms with Gasteiger partial charge in [-0.1, -0.05) is 54.6 Å². The third-order valence-corrected chi connectivity index (χ3v) is 7.72. The molecule has 1 saturated carbocycles. The first-order valence-electron chi connectivity index (χ1n) is 12.3. The second-order valence-corrected chi connectivity index (χ2v) is 9.58. The lowest BCUT2D eigenvalue weighted by molar-refractivity contribution is 0.0154. The van der Waals surface area contributed by atoms with E-state index in [0.717, 1.165) is 49.0 Å². The monoisotopic (exact) mass is 456 g/mol.